The molecule has 1 atom stereocenters. The van der Waals surface area contributed by atoms with E-state index >= 15 is 0 Å². The summed E-state index contributed by atoms with van der Waals surface area (Å²) >= 11 is 0. The second kappa shape index (κ2) is 13.3. The van der Waals surface area contributed by atoms with Gasteiger partial charge in [0.25, 0.3) is 0 Å². The van der Waals surface area contributed by atoms with Gasteiger partial charge in [0.2, 0.25) is 11.8 Å². The fourth-order valence-corrected chi connectivity index (χ4v) is 5.13. The molecule has 228 valence electrons. The van der Waals surface area contributed by atoms with Crippen LogP contribution in [0.3, 0.4) is 0 Å². The van der Waals surface area contributed by atoms with E-state index in [9.17, 15) is 9.59 Å². The Balaban J connectivity index is 1.23. The first kappa shape index (κ1) is 30.1. The number of rotatable bonds is 11. The van der Waals surface area contributed by atoms with Crippen molar-refractivity contribution in [1.29, 1.82) is 0 Å². The molecule has 1 aliphatic carbocycles. The van der Waals surface area contributed by atoms with Crippen LogP contribution in [0.1, 0.15) is 45.6 Å². The van der Waals surface area contributed by atoms with E-state index in [-0.39, 0.29) is 24.9 Å². The number of amides is 1. The van der Waals surface area contributed by atoms with Crippen LogP contribution in [-0.2, 0) is 30.2 Å². The van der Waals surface area contributed by atoms with E-state index < -0.39 is 17.8 Å². The summed E-state index contributed by atoms with van der Waals surface area (Å²) in [5, 5.41) is 0. The smallest absolute Gasteiger partial charge is 0.417 e. The molecule has 0 spiro atoms. The topological polar surface area (TPSA) is 113 Å². The Morgan fingerprint density at radius 2 is 2.07 bits per heavy atom. The van der Waals surface area contributed by atoms with Crippen LogP contribution in [0.25, 0.3) is 11.0 Å². The number of carbonyl (C=O) groups excluding carboxylic acids is 2. The summed E-state index contributed by atoms with van der Waals surface area (Å²) in [6.07, 6.45) is 12.9. The normalized spacial score (nSPS) is 18.4. The quantitative estimate of drug-likeness (QED) is 0.332. The van der Waals surface area contributed by atoms with Crippen molar-refractivity contribution in [2.45, 2.75) is 58.2 Å². The number of hydrogen-bond donors (Lipinski definition) is 0. The van der Waals surface area contributed by atoms with Crippen LogP contribution in [0, 0.1) is 0 Å². The lowest BCUT2D eigenvalue weighted by Gasteiger charge is -2.26. The minimum absolute atomic E-state index is 0.0609. The predicted molar refractivity (Wildman–Crippen MR) is 158 cm³/mol. The van der Waals surface area contributed by atoms with E-state index in [2.05, 4.69) is 16.0 Å². The molecule has 0 bridgehead atoms. The highest BCUT2D eigenvalue weighted by Crippen LogP contribution is 2.29. The molecule has 11 nitrogen and oxygen atoms in total. The first-order valence-corrected chi connectivity index (χ1v) is 14.5. The number of cyclic esters (lactones) is 1. The highest BCUT2D eigenvalue weighted by molar-refractivity contribution is 5.78. The van der Waals surface area contributed by atoms with Crippen LogP contribution in [-0.4, -0.2) is 76.8 Å². The number of nitrogens with zero attached hydrogens (tertiary/aromatic N) is 4. The molecule has 2 aromatic heterocycles. The number of hydrogen-bond acceptors (Lipinski definition) is 10. The summed E-state index contributed by atoms with van der Waals surface area (Å²) in [5.74, 6) is 1.02. The Morgan fingerprint density at radius 1 is 1.21 bits per heavy atom. The standard InChI is InChI=1S/C32H38N4O7/c1-32(2,3)43-29(37)19-35(16-8-11-23-14-15-33-25-12-13-27(39-4)34-30(23)25)17-24-18-36(31(38)41-24)28-21-40-20-26(42-28)22-9-6-5-7-10-22/h5-6,9,12-15,20-21,24H,7-8,10-11,16-19H2,1-4H3/t24-/m1/s1. The first-order valence-electron chi connectivity index (χ1n) is 14.5. The van der Waals surface area contributed by atoms with E-state index in [0.717, 1.165) is 41.4 Å². The van der Waals surface area contributed by atoms with Crippen LogP contribution in [0.2, 0.25) is 0 Å². The number of methoxy groups -OCH3 is 1. The molecule has 11 heteroatoms. The van der Waals surface area contributed by atoms with Crippen LogP contribution in [0.4, 0.5) is 4.79 Å². The Hall–Kier alpha value is -4.38. The first-order chi connectivity index (χ1) is 20.7. The number of allylic oxidation sites excluding steroid dienone is 4. The average molecular weight is 591 g/mol. The third-order valence-electron chi connectivity index (χ3n) is 7.03. The maximum absolute atomic E-state index is 12.9. The zero-order chi connectivity index (χ0) is 30.4. The number of fused-ring (bicyclic) bond motifs is 1. The van der Waals surface area contributed by atoms with Crippen molar-refractivity contribution < 1.29 is 33.3 Å². The van der Waals surface area contributed by atoms with Gasteiger partial charge in [-0.05, 0) is 76.3 Å². The minimum atomic E-state index is -0.611. The van der Waals surface area contributed by atoms with E-state index in [1.807, 2.05) is 50.0 Å². The van der Waals surface area contributed by atoms with Crippen molar-refractivity contribution in [3.05, 3.63) is 77.9 Å². The lowest BCUT2D eigenvalue weighted by molar-refractivity contribution is -0.156. The van der Waals surface area contributed by atoms with E-state index in [0.29, 0.717) is 31.1 Å². The lowest BCUT2D eigenvalue weighted by Crippen LogP contribution is -2.41. The molecule has 0 radical (unpaired) electrons. The van der Waals surface area contributed by atoms with Gasteiger partial charge in [-0.1, -0.05) is 18.2 Å². The molecule has 1 fully saturated rings. The lowest BCUT2D eigenvalue weighted by atomic mass is 10.0. The fourth-order valence-electron chi connectivity index (χ4n) is 5.13. The minimum Gasteiger partial charge on any atom is -0.481 e. The second-order valence-corrected chi connectivity index (χ2v) is 11.6. The van der Waals surface area contributed by atoms with E-state index in [1.165, 1.54) is 17.4 Å². The third kappa shape index (κ3) is 7.92. The van der Waals surface area contributed by atoms with Crippen molar-refractivity contribution in [2.24, 2.45) is 0 Å². The summed E-state index contributed by atoms with van der Waals surface area (Å²) in [4.78, 5) is 38.1. The summed E-state index contributed by atoms with van der Waals surface area (Å²) in [6, 6.07) is 5.63. The Morgan fingerprint density at radius 3 is 2.84 bits per heavy atom. The van der Waals surface area contributed by atoms with Gasteiger partial charge in [-0.25, -0.2) is 14.7 Å². The molecule has 4 heterocycles. The molecular weight excluding hydrogens is 552 g/mol. The largest absolute Gasteiger partial charge is 0.481 e. The van der Waals surface area contributed by atoms with Crippen LogP contribution < -0.4 is 4.74 Å². The molecular formula is C32H38N4O7. The molecule has 43 heavy (non-hydrogen) atoms. The van der Waals surface area contributed by atoms with Crippen molar-refractivity contribution in [3.63, 3.8) is 0 Å². The molecule has 0 N–H and O–H groups in total. The van der Waals surface area contributed by atoms with Gasteiger partial charge in [0.15, 0.2) is 12.0 Å². The number of aryl methyl sites for hydroxylation is 1. The van der Waals surface area contributed by atoms with Gasteiger partial charge in [-0.2, -0.15) is 0 Å². The maximum Gasteiger partial charge on any atom is 0.417 e. The number of esters is 1. The highest BCUT2D eigenvalue weighted by Gasteiger charge is 2.37. The molecule has 5 rings (SSSR count). The van der Waals surface area contributed by atoms with Crippen LogP contribution in [0.5, 0.6) is 5.88 Å². The summed E-state index contributed by atoms with van der Waals surface area (Å²) < 4.78 is 28.1. The van der Waals surface area contributed by atoms with Crippen molar-refractivity contribution in [3.8, 4) is 5.88 Å². The molecule has 3 aliphatic rings. The van der Waals surface area contributed by atoms with Crippen molar-refractivity contribution in [1.82, 2.24) is 19.8 Å². The number of carbonyl (C=O) groups is 2. The summed E-state index contributed by atoms with van der Waals surface area (Å²) in [7, 11) is 1.58. The zero-order valence-electron chi connectivity index (χ0n) is 25.1. The van der Waals surface area contributed by atoms with Crippen molar-refractivity contribution in [2.75, 3.05) is 33.3 Å². The molecule has 0 unspecified atom stereocenters. The Labute approximate surface area is 251 Å². The van der Waals surface area contributed by atoms with Gasteiger partial charge in [-0.15, -0.1) is 0 Å². The van der Waals surface area contributed by atoms with E-state index in [1.54, 1.807) is 19.4 Å². The molecule has 0 saturated carbocycles. The van der Waals surface area contributed by atoms with Gasteiger partial charge in [-0.3, -0.25) is 14.7 Å². The Bertz CT molecular complexity index is 1470. The van der Waals surface area contributed by atoms with Crippen LogP contribution >= 0.6 is 0 Å². The average Bonchev–Trinajstić information content (AvgIpc) is 3.36. The predicted octanol–water partition coefficient (Wildman–Crippen LogP) is 5.00. The highest BCUT2D eigenvalue weighted by atomic mass is 16.6. The monoisotopic (exact) mass is 590 g/mol. The van der Waals surface area contributed by atoms with Gasteiger partial charge < -0.3 is 23.7 Å². The summed E-state index contributed by atoms with van der Waals surface area (Å²) in [6.45, 7) is 6.74. The molecule has 1 saturated heterocycles. The van der Waals surface area contributed by atoms with Gasteiger partial charge in [0.1, 0.15) is 18.0 Å². The van der Waals surface area contributed by atoms with Gasteiger partial charge in [0.05, 0.1) is 31.2 Å². The molecule has 2 aromatic rings. The maximum atomic E-state index is 12.9. The second-order valence-electron chi connectivity index (χ2n) is 11.6. The summed E-state index contributed by atoms with van der Waals surface area (Å²) in [5.41, 5.74) is 3.00. The van der Waals surface area contributed by atoms with Crippen LogP contribution in [0.15, 0.2) is 72.4 Å². The SMILES string of the molecule is COc1ccc2nccc(CCCN(CC(=O)OC(C)(C)C)C[C@@H]3CN(C4=COC=C(C5=CC=CCC5)O4)C(=O)O3)c2n1. The fraction of sp³-hybridized carbons (Fsp3) is 0.438. The number of ether oxygens (including phenoxy) is 5. The van der Waals surface area contributed by atoms with Gasteiger partial charge in [0, 0.05) is 18.8 Å². The van der Waals surface area contributed by atoms with E-state index in [4.69, 9.17) is 23.7 Å². The number of pyridine rings is 2. The van der Waals surface area contributed by atoms with Crippen molar-refractivity contribution >= 4 is 23.1 Å². The Kier molecular flexibility index (Phi) is 9.30. The number of aromatic nitrogens is 2. The zero-order valence-corrected chi connectivity index (χ0v) is 25.1. The molecule has 2 aliphatic heterocycles. The molecule has 1 amide bonds. The third-order valence-corrected chi connectivity index (χ3v) is 7.03. The molecule has 0 aromatic carbocycles. The van der Waals surface area contributed by atoms with Gasteiger partial charge >= 0.3 is 12.1 Å².